The quantitative estimate of drug-likeness (QED) is 0.788. The summed E-state index contributed by atoms with van der Waals surface area (Å²) in [4.78, 5) is 2.45. The molecule has 2 nitrogen and oxygen atoms in total. The normalized spacial score (nSPS) is 15.7. The van der Waals surface area contributed by atoms with E-state index in [1.54, 1.807) is 0 Å². The Balaban J connectivity index is 1.87. The molecule has 2 rings (SSSR count). The topological polar surface area (TPSA) is 15.3 Å². The minimum atomic E-state index is 0.913. The van der Waals surface area contributed by atoms with Crippen LogP contribution in [-0.4, -0.2) is 24.5 Å². The lowest BCUT2D eigenvalue weighted by atomic mass is 9.85. The van der Waals surface area contributed by atoms with Crippen LogP contribution in [0.15, 0.2) is 24.3 Å². The van der Waals surface area contributed by atoms with Crippen LogP contribution in [0.4, 0.5) is 5.69 Å². The van der Waals surface area contributed by atoms with Gasteiger partial charge in [0, 0.05) is 18.8 Å². The second-order valence-electron chi connectivity index (χ2n) is 5.34. The number of benzene rings is 1. The molecule has 1 aromatic carbocycles. The van der Waals surface area contributed by atoms with Gasteiger partial charge in [0.25, 0.3) is 0 Å². The highest BCUT2D eigenvalue weighted by molar-refractivity contribution is 5.45. The van der Waals surface area contributed by atoms with Gasteiger partial charge >= 0.3 is 0 Å². The number of nitrogens with zero attached hydrogens (tertiary/aromatic N) is 1. The predicted octanol–water partition coefficient (Wildman–Crippen LogP) is 3.74. The second-order valence-corrected chi connectivity index (χ2v) is 5.34. The van der Waals surface area contributed by atoms with Crippen LogP contribution in [0.2, 0.25) is 0 Å². The van der Waals surface area contributed by atoms with Gasteiger partial charge in [-0.05, 0) is 49.5 Å². The first-order valence-electron chi connectivity index (χ1n) is 7.37. The highest BCUT2D eigenvalue weighted by Crippen LogP contribution is 2.26. The summed E-state index contributed by atoms with van der Waals surface area (Å²) in [5.41, 5.74) is 2.70. The number of hydrogen-bond acceptors (Lipinski definition) is 2. The van der Waals surface area contributed by atoms with Gasteiger partial charge in [-0.3, -0.25) is 4.90 Å². The molecule has 0 spiro atoms. The molecule has 100 valence electrons. The number of nitrogens with one attached hydrogen (secondary N) is 1. The van der Waals surface area contributed by atoms with Crippen molar-refractivity contribution in [1.29, 1.82) is 0 Å². The van der Waals surface area contributed by atoms with Gasteiger partial charge < -0.3 is 5.32 Å². The standard InChI is InChI=1S/C16H26N2/c1-3-18(4-2)13-15-9-6-10-16(11-15)17-12-14-7-5-8-14/h6,9-11,14,17H,3-5,7-8,12-13H2,1-2H3. The van der Waals surface area contributed by atoms with Gasteiger partial charge in [0.15, 0.2) is 0 Å². The molecule has 18 heavy (non-hydrogen) atoms. The lowest BCUT2D eigenvalue weighted by molar-refractivity contribution is 0.296. The molecule has 0 heterocycles. The van der Waals surface area contributed by atoms with Crippen LogP contribution < -0.4 is 5.32 Å². The molecular formula is C16H26N2. The van der Waals surface area contributed by atoms with Crippen LogP contribution >= 0.6 is 0 Å². The SMILES string of the molecule is CCN(CC)Cc1cccc(NCC2CCC2)c1. The first-order valence-corrected chi connectivity index (χ1v) is 7.37. The van der Waals surface area contributed by atoms with E-state index in [-0.39, 0.29) is 0 Å². The Hall–Kier alpha value is -1.02. The fourth-order valence-corrected chi connectivity index (χ4v) is 2.44. The third kappa shape index (κ3) is 3.74. The number of hydrogen-bond donors (Lipinski definition) is 1. The van der Waals surface area contributed by atoms with Gasteiger partial charge in [-0.2, -0.15) is 0 Å². The second kappa shape index (κ2) is 6.79. The Morgan fingerprint density at radius 1 is 1.22 bits per heavy atom. The average molecular weight is 246 g/mol. The van der Waals surface area contributed by atoms with Crippen LogP contribution in [0.25, 0.3) is 0 Å². The largest absolute Gasteiger partial charge is 0.385 e. The van der Waals surface area contributed by atoms with Gasteiger partial charge in [-0.1, -0.05) is 32.4 Å². The van der Waals surface area contributed by atoms with Crippen LogP contribution in [0.1, 0.15) is 38.7 Å². The minimum absolute atomic E-state index is 0.913. The third-order valence-electron chi connectivity index (χ3n) is 4.05. The fraction of sp³-hybridized carbons (Fsp3) is 0.625. The van der Waals surface area contributed by atoms with Crippen molar-refractivity contribution in [3.05, 3.63) is 29.8 Å². The molecule has 0 atom stereocenters. The smallest absolute Gasteiger partial charge is 0.0343 e. The van der Waals surface area contributed by atoms with E-state index in [0.29, 0.717) is 0 Å². The van der Waals surface area contributed by atoms with Crippen LogP contribution in [0.3, 0.4) is 0 Å². The molecule has 1 saturated carbocycles. The molecule has 1 aliphatic carbocycles. The lowest BCUT2D eigenvalue weighted by Crippen LogP contribution is -2.22. The van der Waals surface area contributed by atoms with Crippen molar-refractivity contribution in [3.63, 3.8) is 0 Å². The number of rotatable bonds is 7. The van der Waals surface area contributed by atoms with E-state index in [4.69, 9.17) is 0 Å². The molecule has 0 aliphatic heterocycles. The molecule has 0 radical (unpaired) electrons. The zero-order valence-electron chi connectivity index (χ0n) is 11.8. The van der Waals surface area contributed by atoms with Crippen LogP contribution in [-0.2, 0) is 6.54 Å². The van der Waals surface area contributed by atoms with Crippen molar-refractivity contribution in [2.24, 2.45) is 5.92 Å². The molecule has 0 bridgehead atoms. The zero-order valence-corrected chi connectivity index (χ0v) is 11.8. The molecular weight excluding hydrogens is 220 g/mol. The van der Waals surface area contributed by atoms with Crippen LogP contribution in [0, 0.1) is 5.92 Å². The summed E-state index contributed by atoms with van der Waals surface area (Å²) in [5.74, 6) is 0.913. The van der Waals surface area contributed by atoms with E-state index in [1.165, 1.54) is 30.5 Å². The van der Waals surface area contributed by atoms with Gasteiger partial charge in [0.1, 0.15) is 0 Å². The van der Waals surface area contributed by atoms with E-state index >= 15 is 0 Å². The summed E-state index contributed by atoms with van der Waals surface area (Å²) in [7, 11) is 0. The first kappa shape index (κ1) is 13.4. The molecule has 1 N–H and O–H groups in total. The van der Waals surface area contributed by atoms with Gasteiger partial charge in [-0.25, -0.2) is 0 Å². The van der Waals surface area contributed by atoms with Crippen molar-refractivity contribution in [2.75, 3.05) is 25.0 Å². The summed E-state index contributed by atoms with van der Waals surface area (Å²) >= 11 is 0. The maximum absolute atomic E-state index is 3.58. The Kier molecular flexibility index (Phi) is 5.06. The van der Waals surface area contributed by atoms with Crippen molar-refractivity contribution >= 4 is 5.69 Å². The average Bonchev–Trinajstić information content (AvgIpc) is 2.34. The highest BCUT2D eigenvalue weighted by Gasteiger charge is 2.16. The van der Waals surface area contributed by atoms with E-state index < -0.39 is 0 Å². The molecule has 0 unspecified atom stereocenters. The number of anilines is 1. The highest BCUT2D eigenvalue weighted by atomic mass is 15.1. The Bertz CT molecular complexity index is 354. The molecule has 1 fully saturated rings. The zero-order chi connectivity index (χ0) is 12.8. The van der Waals surface area contributed by atoms with Gasteiger partial charge in [-0.15, -0.1) is 0 Å². The molecule has 1 aliphatic rings. The Labute approximate surface area is 111 Å². The van der Waals surface area contributed by atoms with Crippen molar-refractivity contribution < 1.29 is 0 Å². The summed E-state index contributed by atoms with van der Waals surface area (Å²) in [5, 5.41) is 3.58. The predicted molar refractivity (Wildman–Crippen MR) is 78.9 cm³/mol. The van der Waals surface area contributed by atoms with Crippen molar-refractivity contribution in [2.45, 2.75) is 39.7 Å². The van der Waals surface area contributed by atoms with E-state index in [9.17, 15) is 0 Å². The van der Waals surface area contributed by atoms with Gasteiger partial charge in [0.05, 0.1) is 0 Å². The molecule has 0 aromatic heterocycles. The molecule has 1 aromatic rings. The molecule has 0 amide bonds. The molecule has 0 saturated heterocycles. The fourth-order valence-electron chi connectivity index (χ4n) is 2.44. The maximum Gasteiger partial charge on any atom is 0.0343 e. The third-order valence-corrected chi connectivity index (χ3v) is 4.05. The maximum atomic E-state index is 3.58. The van der Waals surface area contributed by atoms with Gasteiger partial charge in [0.2, 0.25) is 0 Å². The Morgan fingerprint density at radius 2 is 2.00 bits per heavy atom. The molecule has 2 heteroatoms. The van der Waals surface area contributed by atoms with Crippen LogP contribution in [0.5, 0.6) is 0 Å². The summed E-state index contributed by atoms with van der Waals surface area (Å²) in [6.07, 6.45) is 4.24. The summed E-state index contributed by atoms with van der Waals surface area (Å²) in [6.45, 7) is 8.90. The Morgan fingerprint density at radius 3 is 2.61 bits per heavy atom. The summed E-state index contributed by atoms with van der Waals surface area (Å²) < 4.78 is 0. The van der Waals surface area contributed by atoms with Crippen molar-refractivity contribution in [3.8, 4) is 0 Å². The van der Waals surface area contributed by atoms with E-state index in [0.717, 1.165) is 32.1 Å². The minimum Gasteiger partial charge on any atom is -0.385 e. The lowest BCUT2D eigenvalue weighted by Gasteiger charge is -2.26. The first-order chi connectivity index (χ1) is 8.81. The summed E-state index contributed by atoms with van der Waals surface area (Å²) in [6, 6.07) is 8.89. The monoisotopic (exact) mass is 246 g/mol. The van der Waals surface area contributed by atoms with Crippen molar-refractivity contribution in [1.82, 2.24) is 4.90 Å². The van der Waals surface area contributed by atoms with E-state index in [1.807, 2.05) is 0 Å². The van der Waals surface area contributed by atoms with E-state index in [2.05, 4.69) is 48.3 Å².